The third-order valence-corrected chi connectivity index (χ3v) is 2.74. The zero-order chi connectivity index (χ0) is 13.7. The van der Waals surface area contributed by atoms with Crippen molar-refractivity contribution in [2.75, 3.05) is 23.8 Å². The van der Waals surface area contributed by atoms with E-state index < -0.39 is 0 Å². The molecule has 0 aliphatic rings. The van der Waals surface area contributed by atoms with Crippen LogP contribution in [0, 0.1) is 0 Å². The Bertz CT molecular complexity index is 546. The van der Waals surface area contributed by atoms with Gasteiger partial charge in [0.05, 0.1) is 6.54 Å². The zero-order valence-corrected chi connectivity index (χ0v) is 11.8. The highest BCUT2D eigenvalue weighted by Gasteiger charge is 2.09. The van der Waals surface area contributed by atoms with Crippen molar-refractivity contribution in [3.63, 3.8) is 0 Å². The van der Waals surface area contributed by atoms with Crippen molar-refractivity contribution < 1.29 is 4.79 Å². The summed E-state index contributed by atoms with van der Waals surface area (Å²) in [6.07, 6.45) is 4.89. The molecule has 1 amide bonds. The van der Waals surface area contributed by atoms with Crippen LogP contribution < -0.4 is 10.2 Å². The lowest BCUT2D eigenvalue weighted by atomic mass is 10.4. The molecule has 0 spiro atoms. The Morgan fingerprint density at radius 1 is 1.32 bits per heavy atom. The number of aromatic nitrogens is 3. The van der Waals surface area contributed by atoms with Gasteiger partial charge in [0.2, 0.25) is 11.9 Å². The number of nitrogens with one attached hydrogen (secondary N) is 1. The van der Waals surface area contributed by atoms with Crippen molar-refractivity contribution in [3.8, 4) is 0 Å². The molecule has 0 aromatic carbocycles. The molecule has 7 heteroatoms. The minimum Gasteiger partial charge on any atom is -0.335 e. The molecule has 2 aromatic heterocycles. The number of hydrogen-bond donors (Lipinski definition) is 1. The molecule has 0 unspecified atom stereocenters. The first-order valence-corrected chi connectivity index (χ1v) is 6.34. The van der Waals surface area contributed by atoms with Crippen LogP contribution in [0.2, 0.25) is 0 Å². The SMILES string of the molecule is CN(CC(=O)Nc1ccc(Br)cn1)c1ncccn1. The first-order chi connectivity index (χ1) is 9.15. The maximum Gasteiger partial charge on any atom is 0.245 e. The molecule has 6 nitrogen and oxygen atoms in total. The van der Waals surface area contributed by atoms with E-state index in [1.54, 1.807) is 42.7 Å². The summed E-state index contributed by atoms with van der Waals surface area (Å²) < 4.78 is 0.861. The minimum absolute atomic E-state index is 0.155. The molecule has 1 N–H and O–H groups in total. The smallest absolute Gasteiger partial charge is 0.245 e. The number of hydrogen-bond acceptors (Lipinski definition) is 5. The lowest BCUT2D eigenvalue weighted by Crippen LogP contribution is -2.31. The maximum absolute atomic E-state index is 11.8. The van der Waals surface area contributed by atoms with Crippen molar-refractivity contribution in [1.29, 1.82) is 0 Å². The molecule has 0 fully saturated rings. The monoisotopic (exact) mass is 321 g/mol. The Labute approximate surface area is 119 Å². The van der Waals surface area contributed by atoms with Gasteiger partial charge in [-0.25, -0.2) is 15.0 Å². The van der Waals surface area contributed by atoms with Crippen LogP contribution in [0.4, 0.5) is 11.8 Å². The molecule has 0 saturated heterocycles. The number of carbonyl (C=O) groups excluding carboxylic acids is 1. The average molecular weight is 322 g/mol. The predicted octanol–water partition coefficient (Wildman–Crippen LogP) is 1.71. The second kappa shape index (κ2) is 6.24. The topological polar surface area (TPSA) is 71.0 Å². The first-order valence-electron chi connectivity index (χ1n) is 5.55. The Balaban J connectivity index is 1.93. The maximum atomic E-state index is 11.8. The van der Waals surface area contributed by atoms with E-state index in [4.69, 9.17) is 0 Å². The summed E-state index contributed by atoms with van der Waals surface area (Å²) in [6.45, 7) is 0.155. The van der Waals surface area contributed by atoms with Gasteiger partial charge in [0.1, 0.15) is 5.82 Å². The number of rotatable bonds is 4. The van der Waals surface area contributed by atoms with E-state index in [0.29, 0.717) is 11.8 Å². The molecule has 98 valence electrons. The van der Waals surface area contributed by atoms with Crippen LogP contribution in [0.5, 0.6) is 0 Å². The molecule has 0 bridgehead atoms. The van der Waals surface area contributed by atoms with Crippen molar-refractivity contribution in [3.05, 3.63) is 41.3 Å². The van der Waals surface area contributed by atoms with E-state index in [9.17, 15) is 4.79 Å². The summed E-state index contributed by atoms with van der Waals surface area (Å²) in [6, 6.07) is 5.26. The second-order valence-electron chi connectivity index (χ2n) is 3.81. The molecule has 0 saturated carbocycles. The average Bonchev–Trinajstić information content (AvgIpc) is 2.42. The standard InChI is InChI=1S/C12H12BrN5O/c1-18(12-14-5-2-6-15-12)8-11(19)17-10-4-3-9(13)7-16-10/h2-7H,8H2,1H3,(H,16,17,19). The van der Waals surface area contributed by atoms with E-state index in [1.165, 1.54) is 0 Å². The normalized spacial score (nSPS) is 10.0. The largest absolute Gasteiger partial charge is 0.335 e. The number of pyridine rings is 1. The quantitative estimate of drug-likeness (QED) is 0.928. The first kappa shape index (κ1) is 13.4. The highest BCUT2D eigenvalue weighted by atomic mass is 79.9. The van der Waals surface area contributed by atoms with Gasteiger partial charge in [-0.3, -0.25) is 4.79 Å². The van der Waals surface area contributed by atoms with E-state index in [0.717, 1.165) is 4.47 Å². The molecule has 0 atom stereocenters. The van der Waals surface area contributed by atoms with Gasteiger partial charge in [-0.1, -0.05) is 0 Å². The third kappa shape index (κ3) is 3.99. The van der Waals surface area contributed by atoms with Crippen LogP contribution in [0.15, 0.2) is 41.3 Å². The van der Waals surface area contributed by atoms with Crippen molar-refractivity contribution in [2.45, 2.75) is 0 Å². The van der Waals surface area contributed by atoms with E-state index in [-0.39, 0.29) is 12.5 Å². The fraction of sp³-hybridized carbons (Fsp3) is 0.167. The summed E-state index contributed by atoms with van der Waals surface area (Å²) >= 11 is 3.28. The number of halogens is 1. The highest BCUT2D eigenvalue weighted by molar-refractivity contribution is 9.10. The van der Waals surface area contributed by atoms with Gasteiger partial charge in [-0.05, 0) is 34.1 Å². The lowest BCUT2D eigenvalue weighted by molar-refractivity contribution is -0.115. The predicted molar refractivity (Wildman–Crippen MR) is 75.9 cm³/mol. The van der Waals surface area contributed by atoms with Crippen LogP contribution in [-0.2, 0) is 4.79 Å². The Kier molecular flexibility index (Phi) is 4.40. The van der Waals surface area contributed by atoms with Crippen molar-refractivity contribution in [1.82, 2.24) is 15.0 Å². The van der Waals surface area contributed by atoms with Crippen LogP contribution in [0.1, 0.15) is 0 Å². The zero-order valence-electron chi connectivity index (χ0n) is 10.2. The van der Waals surface area contributed by atoms with Crippen molar-refractivity contribution >= 4 is 33.6 Å². The summed E-state index contributed by atoms with van der Waals surface area (Å²) in [5, 5.41) is 2.70. The molecule has 2 aromatic rings. The number of carbonyl (C=O) groups is 1. The second-order valence-corrected chi connectivity index (χ2v) is 4.73. The summed E-state index contributed by atoms with van der Waals surface area (Å²) in [5.41, 5.74) is 0. The van der Waals surface area contributed by atoms with Gasteiger partial charge >= 0.3 is 0 Å². The molecule has 0 radical (unpaired) electrons. The van der Waals surface area contributed by atoms with Crippen LogP contribution in [0.3, 0.4) is 0 Å². The number of amides is 1. The summed E-state index contributed by atoms with van der Waals surface area (Å²) in [5.74, 6) is 0.835. The third-order valence-electron chi connectivity index (χ3n) is 2.27. The summed E-state index contributed by atoms with van der Waals surface area (Å²) in [4.78, 5) is 25.7. The summed E-state index contributed by atoms with van der Waals surface area (Å²) in [7, 11) is 1.75. The van der Waals surface area contributed by atoms with Gasteiger partial charge in [0.15, 0.2) is 0 Å². The van der Waals surface area contributed by atoms with E-state index in [2.05, 4.69) is 36.2 Å². The number of anilines is 2. The van der Waals surface area contributed by atoms with Gasteiger partial charge in [-0.2, -0.15) is 0 Å². The Hall–Kier alpha value is -2.02. The molecule has 2 heterocycles. The fourth-order valence-corrected chi connectivity index (χ4v) is 1.64. The van der Waals surface area contributed by atoms with Gasteiger partial charge in [-0.15, -0.1) is 0 Å². The number of likely N-dealkylation sites (N-methyl/N-ethyl adjacent to an activating group) is 1. The van der Waals surface area contributed by atoms with E-state index in [1.807, 2.05) is 6.07 Å². The molecule has 2 rings (SSSR count). The van der Waals surface area contributed by atoms with Crippen LogP contribution in [-0.4, -0.2) is 34.5 Å². The van der Waals surface area contributed by atoms with Gasteiger partial charge in [0, 0.05) is 30.1 Å². The molecular weight excluding hydrogens is 310 g/mol. The van der Waals surface area contributed by atoms with Gasteiger partial charge in [0.25, 0.3) is 0 Å². The molecular formula is C12H12BrN5O. The molecule has 19 heavy (non-hydrogen) atoms. The number of nitrogens with zero attached hydrogens (tertiary/aromatic N) is 4. The van der Waals surface area contributed by atoms with E-state index >= 15 is 0 Å². The fourth-order valence-electron chi connectivity index (χ4n) is 1.41. The van der Waals surface area contributed by atoms with Crippen LogP contribution in [0.25, 0.3) is 0 Å². The highest BCUT2D eigenvalue weighted by Crippen LogP contribution is 2.10. The molecule has 0 aliphatic carbocycles. The Morgan fingerprint density at radius 3 is 2.68 bits per heavy atom. The van der Waals surface area contributed by atoms with Gasteiger partial charge < -0.3 is 10.2 Å². The Morgan fingerprint density at radius 2 is 2.05 bits per heavy atom. The lowest BCUT2D eigenvalue weighted by Gasteiger charge is -2.15. The minimum atomic E-state index is -0.176. The van der Waals surface area contributed by atoms with Crippen LogP contribution >= 0.6 is 15.9 Å². The molecule has 0 aliphatic heterocycles. The van der Waals surface area contributed by atoms with Crippen molar-refractivity contribution in [2.24, 2.45) is 0 Å².